The molecular formula is C18H22ClN3O2S. The number of ketones is 1. The van der Waals surface area contributed by atoms with E-state index in [4.69, 9.17) is 0 Å². The number of anilines is 1. The molecule has 0 radical (unpaired) electrons. The molecule has 1 amide bonds. The first-order chi connectivity index (χ1) is 11.5. The number of Topliss-reactive ketones (excluding diaryl/α,β-unsaturated/α-hetero) is 1. The van der Waals surface area contributed by atoms with E-state index in [9.17, 15) is 9.59 Å². The Hall–Kier alpha value is -1.76. The Morgan fingerprint density at radius 1 is 1.32 bits per heavy atom. The molecule has 7 heteroatoms. The van der Waals surface area contributed by atoms with E-state index in [0.717, 1.165) is 24.4 Å². The molecule has 5 nitrogen and oxygen atoms in total. The number of amides is 1. The molecule has 2 N–H and O–H groups in total. The summed E-state index contributed by atoms with van der Waals surface area (Å²) >= 11 is 1.32. The molecule has 0 aliphatic carbocycles. The van der Waals surface area contributed by atoms with Gasteiger partial charge in [0, 0.05) is 17.4 Å². The zero-order chi connectivity index (χ0) is 17.1. The molecule has 0 saturated carbocycles. The Morgan fingerprint density at radius 3 is 2.60 bits per heavy atom. The van der Waals surface area contributed by atoms with Crippen molar-refractivity contribution in [3.8, 4) is 0 Å². The fourth-order valence-electron chi connectivity index (χ4n) is 2.96. The van der Waals surface area contributed by atoms with Crippen molar-refractivity contribution >= 4 is 40.6 Å². The van der Waals surface area contributed by atoms with Gasteiger partial charge in [-0.3, -0.25) is 14.9 Å². The first-order valence-corrected chi connectivity index (χ1v) is 8.94. The van der Waals surface area contributed by atoms with Crippen molar-refractivity contribution < 1.29 is 9.59 Å². The van der Waals surface area contributed by atoms with E-state index in [-0.39, 0.29) is 24.1 Å². The Balaban J connectivity index is 0.00000225. The molecule has 134 valence electrons. The normalized spacial score (nSPS) is 16.3. The molecule has 1 aromatic heterocycles. The lowest BCUT2D eigenvalue weighted by Gasteiger charge is -2.08. The highest BCUT2D eigenvalue weighted by atomic mass is 35.5. The maximum atomic E-state index is 12.3. The van der Waals surface area contributed by atoms with Gasteiger partial charge in [-0.1, -0.05) is 12.1 Å². The van der Waals surface area contributed by atoms with Gasteiger partial charge in [0.25, 0.3) is 5.91 Å². The van der Waals surface area contributed by atoms with Crippen LogP contribution in [-0.4, -0.2) is 29.8 Å². The molecular weight excluding hydrogens is 358 g/mol. The fraction of sp³-hybridized carbons (Fsp3) is 0.389. The van der Waals surface area contributed by atoms with Gasteiger partial charge in [0.2, 0.25) is 0 Å². The van der Waals surface area contributed by atoms with E-state index in [1.807, 2.05) is 31.2 Å². The van der Waals surface area contributed by atoms with Crippen molar-refractivity contribution in [3.05, 3.63) is 46.0 Å². The molecule has 1 saturated heterocycles. The third-order valence-electron chi connectivity index (χ3n) is 4.25. The highest BCUT2D eigenvalue weighted by Crippen LogP contribution is 2.23. The van der Waals surface area contributed by atoms with E-state index >= 15 is 0 Å². The van der Waals surface area contributed by atoms with E-state index in [1.165, 1.54) is 30.2 Å². The number of nitrogens with zero attached hydrogens (tertiary/aromatic N) is 1. The minimum atomic E-state index is -0.201. The molecule has 1 aliphatic heterocycles. The Bertz CT molecular complexity index is 752. The van der Waals surface area contributed by atoms with Gasteiger partial charge in [0.05, 0.1) is 0 Å². The zero-order valence-corrected chi connectivity index (χ0v) is 15.9. The van der Waals surface area contributed by atoms with Crippen LogP contribution in [0.15, 0.2) is 24.3 Å². The lowest BCUT2D eigenvalue weighted by Crippen LogP contribution is -2.13. The number of benzene rings is 1. The minimum absolute atomic E-state index is 0. The third-order valence-corrected chi connectivity index (χ3v) is 5.14. The second kappa shape index (κ2) is 8.56. The maximum Gasteiger partial charge on any atom is 0.257 e. The van der Waals surface area contributed by atoms with Crippen LogP contribution in [0.3, 0.4) is 0 Å². The van der Waals surface area contributed by atoms with Gasteiger partial charge < -0.3 is 5.32 Å². The maximum absolute atomic E-state index is 12.3. The highest BCUT2D eigenvalue weighted by Gasteiger charge is 2.16. The Kier molecular flexibility index (Phi) is 6.70. The number of halogens is 1. The molecule has 1 aromatic carbocycles. The van der Waals surface area contributed by atoms with Crippen LogP contribution in [-0.2, 0) is 6.42 Å². The van der Waals surface area contributed by atoms with E-state index in [0.29, 0.717) is 22.3 Å². The standard InChI is InChI=1S/C18H21N3O2S.ClH/c1-11(22)16-12(2)24-18(20-16)21-17(23)15-5-3-13(4-6-15)9-14-7-8-19-10-14;/h3-6,14,19H,7-10H2,1-2H3,(H,20,21,23);1H. The second-order valence-electron chi connectivity index (χ2n) is 6.19. The van der Waals surface area contributed by atoms with Crippen molar-refractivity contribution in [2.24, 2.45) is 5.92 Å². The summed E-state index contributed by atoms with van der Waals surface area (Å²) < 4.78 is 0. The summed E-state index contributed by atoms with van der Waals surface area (Å²) in [4.78, 5) is 28.8. The lowest BCUT2D eigenvalue weighted by molar-refractivity contribution is 0.100. The van der Waals surface area contributed by atoms with Crippen LogP contribution in [0.5, 0.6) is 0 Å². The van der Waals surface area contributed by atoms with Gasteiger partial charge in [0.15, 0.2) is 10.9 Å². The van der Waals surface area contributed by atoms with Crippen LogP contribution < -0.4 is 10.6 Å². The minimum Gasteiger partial charge on any atom is -0.316 e. The number of carbonyl (C=O) groups is 2. The van der Waals surface area contributed by atoms with Gasteiger partial charge in [0.1, 0.15) is 5.69 Å². The molecule has 0 spiro atoms. The summed E-state index contributed by atoms with van der Waals surface area (Å²) in [7, 11) is 0. The summed E-state index contributed by atoms with van der Waals surface area (Å²) in [5.74, 6) is 0.399. The largest absolute Gasteiger partial charge is 0.316 e. The molecule has 1 aliphatic rings. The zero-order valence-electron chi connectivity index (χ0n) is 14.3. The van der Waals surface area contributed by atoms with Crippen LogP contribution in [0, 0.1) is 12.8 Å². The fourth-order valence-corrected chi connectivity index (χ4v) is 3.82. The van der Waals surface area contributed by atoms with Gasteiger partial charge >= 0.3 is 0 Å². The first-order valence-electron chi connectivity index (χ1n) is 8.12. The number of nitrogens with one attached hydrogen (secondary N) is 2. The number of aromatic nitrogens is 1. The number of hydrogen-bond acceptors (Lipinski definition) is 5. The predicted molar refractivity (Wildman–Crippen MR) is 103 cm³/mol. The Morgan fingerprint density at radius 2 is 2.04 bits per heavy atom. The lowest BCUT2D eigenvalue weighted by atomic mass is 9.98. The van der Waals surface area contributed by atoms with Crippen LogP contribution in [0.4, 0.5) is 5.13 Å². The summed E-state index contributed by atoms with van der Waals surface area (Å²) in [6.45, 7) is 5.48. The summed E-state index contributed by atoms with van der Waals surface area (Å²) in [6.07, 6.45) is 2.26. The van der Waals surface area contributed by atoms with Crippen molar-refractivity contribution in [1.82, 2.24) is 10.3 Å². The highest BCUT2D eigenvalue weighted by molar-refractivity contribution is 7.16. The molecule has 1 atom stereocenters. The van der Waals surface area contributed by atoms with Gasteiger partial charge in [-0.25, -0.2) is 4.98 Å². The topological polar surface area (TPSA) is 71.1 Å². The van der Waals surface area contributed by atoms with Crippen LogP contribution in [0.25, 0.3) is 0 Å². The average molecular weight is 380 g/mol. The van der Waals surface area contributed by atoms with E-state index in [1.54, 1.807) is 0 Å². The number of thiazole rings is 1. The molecule has 25 heavy (non-hydrogen) atoms. The summed E-state index contributed by atoms with van der Waals surface area (Å²) in [5.41, 5.74) is 2.28. The van der Waals surface area contributed by atoms with Gasteiger partial charge in [-0.05, 0) is 56.5 Å². The number of hydrogen-bond donors (Lipinski definition) is 2. The average Bonchev–Trinajstić information content (AvgIpc) is 3.17. The molecule has 1 fully saturated rings. The molecule has 3 rings (SSSR count). The van der Waals surface area contributed by atoms with Crippen molar-refractivity contribution in [2.45, 2.75) is 26.7 Å². The summed E-state index contributed by atoms with van der Waals surface area (Å²) in [6, 6.07) is 7.72. The summed E-state index contributed by atoms with van der Waals surface area (Å²) in [5, 5.41) is 6.61. The predicted octanol–water partition coefficient (Wildman–Crippen LogP) is 3.48. The van der Waals surface area contributed by atoms with Crippen molar-refractivity contribution in [3.63, 3.8) is 0 Å². The number of rotatable bonds is 5. The van der Waals surface area contributed by atoms with Crippen molar-refractivity contribution in [2.75, 3.05) is 18.4 Å². The Labute approximate surface area is 157 Å². The van der Waals surface area contributed by atoms with Crippen LogP contribution >= 0.6 is 23.7 Å². The SMILES string of the molecule is CC(=O)c1nc(NC(=O)c2ccc(CC3CCNC3)cc2)sc1C.Cl. The second-order valence-corrected chi connectivity index (χ2v) is 7.40. The van der Waals surface area contributed by atoms with Crippen LogP contribution in [0.2, 0.25) is 0 Å². The quantitative estimate of drug-likeness (QED) is 0.780. The third kappa shape index (κ3) is 4.87. The van der Waals surface area contributed by atoms with E-state index in [2.05, 4.69) is 15.6 Å². The first kappa shape index (κ1) is 19.6. The molecule has 0 bridgehead atoms. The monoisotopic (exact) mass is 379 g/mol. The van der Waals surface area contributed by atoms with Crippen molar-refractivity contribution in [1.29, 1.82) is 0 Å². The number of carbonyl (C=O) groups excluding carboxylic acids is 2. The smallest absolute Gasteiger partial charge is 0.257 e. The molecule has 1 unspecified atom stereocenters. The molecule has 2 heterocycles. The van der Waals surface area contributed by atoms with E-state index < -0.39 is 0 Å². The van der Waals surface area contributed by atoms with Crippen LogP contribution in [0.1, 0.15) is 44.6 Å². The van der Waals surface area contributed by atoms with Gasteiger partial charge in [-0.2, -0.15) is 0 Å². The van der Waals surface area contributed by atoms with Gasteiger partial charge in [-0.15, -0.1) is 23.7 Å². The number of aryl methyl sites for hydroxylation is 1. The molecule has 2 aromatic rings.